The molecule has 10 rings (SSSR count). The van der Waals surface area contributed by atoms with Gasteiger partial charge < -0.3 is 9.80 Å². The summed E-state index contributed by atoms with van der Waals surface area (Å²) in [6.45, 7) is 10.4. The lowest BCUT2D eigenvalue weighted by Gasteiger charge is -2.38. The molecular weight excluding hydrogens is 681 g/mol. The number of aryl methyl sites for hydroxylation is 3. The molecule has 2 aliphatic heterocycles. The molecule has 3 aliphatic rings. The van der Waals surface area contributed by atoms with Gasteiger partial charge >= 0.3 is 0 Å². The normalized spacial score (nSPS) is 16.8. The van der Waals surface area contributed by atoms with Gasteiger partial charge in [0.05, 0.1) is 12.3 Å². The first-order valence-corrected chi connectivity index (χ1v) is 19.9. The number of aromatic nitrogens is 2. The molecule has 0 bridgehead atoms. The van der Waals surface area contributed by atoms with Crippen LogP contribution in [0.3, 0.4) is 0 Å². The molecule has 4 nitrogen and oxygen atoms in total. The van der Waals surface area contributed by atoms with Gasteiger partial charge in [-0.1, -0.05) is 124 Å². The van der Waals surface area contributed by atoms with Crippen molar-refractivity contribution >= 4 is 23.0 Å². The summed E-state index contributed by atoms with van der Waals surface area (Å²) < 4.78 is 41.9. The fourth-order valence-electron chi connectivity index (χ4n) is 9.48. The van der Waals surface area contributed by atoms with Crippen LogP contribution in [0.25, 0.3) is 22.3 Å². The van der Waals surface area contributed by atoms with E-state index in [1.165, 1.54) is 55.8 Å². The molecular formula is C52H48N4. The molecule has 4 heterocycles. The van der Waals surface area contributed by atoms with Crippen molar-refractivity contribution in [2.75, 3.05) is 22.9 Å². The summed E-state index contributed by atoms with van der Waals surface area (Å²) in [6.07, 6.45) is 7.60. The first kappa shape index (κ1) is 29.3. The summed E-state index contributed by atoms with van der Waals surface area (Å²) in [5.74, 6) is 1.75. The predicted molar refractivity (Wildman–Crippen MR) is 232 cm³/mol. The van der Waals surface area contributed by atoms with Crippen LogP contribution in [0.2, 0.25) is 0 Å². The number of benzene rings is 5. The smallest absolute Gasteiger partial charge is 0.133 e. The molecule has 0 atom stereocenters. The Bertz CT molecular complexity index is 2840. The molecule has 2 aromatic heterocycles. The van der Waals surface area contributed by atoms with Crippen molar-refractivity contribution in [3.63, 3.8) is 0 Å². The molecule has 1 aliphatic carbocycles. The van der Waals surface area contributed by atoms with E-state index in [2.05, 4.69) is 128 Å². The van der Waals surface area contributed by atoms with Gasteiger partial charge in [0.2, 0.25) is 0 Å². The van der Waals surface area contributed by atoms with Gasteiger partial charge in [-0.05, 0) is 130 Å². The number of nitrogens with zero attached hydrogens (tertiary/aromatic N) is 4. The first-order chi connectivity index (χ1) is 29.4. The van der Waals surface area contributed by atoms with Gasteiger partial charge in [0.1, 0.15) is 11.6 Å². The summed E-state index contributed by atoms with van der Waals surface area (Å²) in [5.41, 5.74) is 14.4. The highest BCUT2D eigenvalue weighted by Crippen LogP contribution is 2.57. The summed E-state index contributed by atoms with van der Waals surface area (Å²) in [4.78, 5) is 14.6. The highest BCUT2D eigenvalue weighted by molar-refractivity contribution is 5.87. The Morgan fingerprint density at radius 3 is 1.77 bits per heavy atom. The molecule has 0 saturated carbocycles. The zero-order chi connectivity index (χ0) is 42.4. The lowest BCUT2D eigenvalue weighted by Crippen LogP contribution is -2.32. The van der Waals surface area contributed by atoms with Crippen molar-refractivity contribution in [2.45, 2.75) is 64.2 Å². The van der Waals surface area contributed by atoms with E-state index in [-0.39, 0.29) is 35.1 Å². The fraction of sp³-hybridized carbons (Fsp3) is 0.231. The number of hydrogen-bond acceptors (Lipinski definition) is 4. The molecule has 0 fully saturated rings. The van der Waals surface area contributed by atoms with Crippen molar-refractivity contribution in [2.24, 2.45) is 0 Å². The number of fused-ring (bicyclic) bond motifs is 5. The quantitative estimate of drug-likeness (QED) is 0.176. The molecule has 4 heteroatoms. The Morgan fingerprint density at radius 1 is 0.625 bits per heavy atom. The van der Waals surface area contributed by atoms with E-state index in [9.17, 15) is 0 Å². The van der Waals surface area contributed by atoms with Gasteiger partial charge in [-0.3, -0.25) is 0 Å². The van der Waals surface area contributed by atoms with Crippen molar-refractivity contribution in [1.29, 1.82) is 0 Å². The minimum atomic E-state index is -0.627. The summed E-state index contributed by atoms with van der Waals surface area (Å²) in [7, 11) is 0. The van der Waals surface area contributed by atoms with E-state index < -0.39 is 11.5 Å². The third-order valence-corrected chi connectivity index (χ3v) is 12.3. The van der Waals surface area contributed by atoms with Gasteiger partial charge in [-0.15, -0.1) is 0 Å². The SMILES string of the molecule is [2H]c1c([2H])c([2H])c(-c2cnc(N3CCCc4ccc(C5(c6ccc7c(c6)N(c6cc(C(C)(C)C)ccn6)CCC7)c6ccccc6-c6ccccc65)cc43)cc2C)c([2H])c1[2H]. The van der Waals surface area contributed by atoms with E-state index in [0.29, 0.717) is 5.56 Å². The second kappa shape index (κ2) is 13.3. The van der Waals surface area contributed by atoms with Gasteiger partial charge in [-0.25, -0.2) is 9.97 Å². The molecule has 0 radical (unpaired) electrons. The van der Waals surface area contributed by atoms with Crippen molar-refractivity contribution in [3.8, 4) is 22.3 Å². The third kappa shape index (κ3) is 5.49. The van der Waals surface area contributed by atoms with Crippen LogP contribution in [-0.4, -0.2) is 23.1 Å². The summed E-state index contributed by atoms with van der Waals surface area (Å²) in [5, 5.41) is 0. The Balaban J connectivity index is 1.15. The fourth-order valence-corrected chi connectivity index (χ4v) is 9.48. The lowest BCUT2D eigenvalue weighted by atomic mass is 9.67. The van der Waals surface area contributed by atoms with Crippen LogP contribution >= 0.6 is 0 Å². The molecule has 7 aromatic rings. The average Bonchev–Trinajstić information content (AvgIpc) is 3.58. The van der Waals surface area contributed by atoms with Crippen molar-refractivity contribution in [1.82, 2.24) is 9.97 Å². The second-order valence-electron chi connectivity index (χ2n) is 16.5. The topological polar surface area (TPSA) is 32.3 Å². The van der Waals surface area contributed by atoms with E-state index in [1.54, 1.807) is 6.20 Å². The first-order valence-electron chi connectivity index (χ1n) is 22.4. The maximum absolute atomic E-state index is 8.63. The van der Waals surface area contributed by atoms with Gasteiger partial charge in [0.15, 0.2) is 0 Å². The summed E-state index contributed by atoms with van der Waals surface area (Å²) in [6, 6.07) is 36.8. The zero-order valence-electron chi connectivity index (χ0n) is 37.5. The molecule has 0 amide bonds. The third-order valence-electron chi connectivity index (χ3n) is 12.3. The minimum absolute atomic E-state index is 0.000410. The van der Waals surface area contributed by atoms with Crippen molar-refractivity contribution < 1.29 is 6.85 Å². The van der Waals surface area contributed by atoms with Crippen LogP contribution < -0.4 is 9.80 Å². The van der Waals surface area contributed by atoms with Gasteiger partial charge in [0.25, 0.3) is 0 Å². The monoisotopic (exact) mass is 733 g/mol. The Morgan fingerprint density at radius 2 is 1.20 bits per heavy atom. The van der Waals surface area contributed by atoms with Crippen LogP contribution in [-0.2, 0) is 23.7 Å². The van der Waals surface area contributed by atoms with Gasteiger partial charge in [-0.2, -0.15) is 0 Å². The largest absolute Gasteiger partial charge is 0.326 e. The summed E-state index contributed by atoms with van der Waals surface area (Å²) >= 11 is 0. The van der Waals surface area contributed by atoms with E-state index >= 15 is 0 Å². The molecule has 5 aromatic carbocycles. The number of anilines is 4. The predicted octanol–water partition coefficient (Wildman–Crippen LogP) is 12.3. The standard InChI is InChI=1S/C52H48N4/c1-35-30-49(54-34-44(35)36-14-6-5-7-15-36)55-28-12-16-37-22-24-40(31-47(37)55)52(45-20-10-8-18-42(45)43-19-9-11-21-46(43)52)41-25-23-38-17-13-29-56(48(38)32-41)50-33-39(26-27-53-50)51(2,3)4/h5-11,14-15,18-27,30-34H,12-13,16-17,28-29H2,1-4H3/i5D,6D,7D,14D,15D. The number of rotatable bonds is 5. The van der Waals surface area contributed by atoms with Crippen LogP contribution in [0.4, 0.5) is 23.0 Å². The number of pyridine rings is 2. The Kier molecular flexibility index (Phi) is 6.98. The molecule has 0 N–H and O–H groups in total. The van der Waals surface area contributed by atoms with E-state index in [4.69, 9.17) is 16.8 Å². The van der Waals surface area contributed by atoms with Crippen LogP contribution in [0.15, 0.2) is 146 Å². The Labute approximate surface area is 338 Å². The van der Waals surface area contributed by atoms with E-state index in [0.717, 1.165) is 61.7 Å². The maximum Gasteiger partial charge on any atom is 0.133 e. The Hall–Kier alpha value is -6.00. The molecule has 276 valence electrons. The highest BCUT2D eigenvalue weighted by atomic mass is 15.2. The molecule has 0 spiro atoms. The van der Waals surface area contributed by atoms with Crippen LogP contribution in [0.5, 0.6) is 0 Å². The second-order valence-corrected chi connectivity index (χ2v) is 16.5. The van der Waals surface area contributed by atoms with Gasteiger partial charge in [0, 0.05) is 42.4 Å². The molecule has 0 saturated heterocycles. The minimum Gasteiger partial charge on any atom is -0.326 e. The highest BCUT2D eigenvalue weighted by Gasteiger charge is 2.47. The molecule has 56 heavy (non-hydrogen) atoms. The zero-order valence-corrected chi connectivity index (χ0v) is 32.5. The maximum atomic E-state index is 8.63. The molecule has 0 unspecified atom stereocenters. The van der Waals surface area contributed by atoms with Crippen LogP contribution in [0.1, 0.15) is 85.0 Å². The van der Waals surface area contributed by atoms with E-state index in [1.807, 2.05) is 19.2 Å². The van der Waals surface area contributed by atoms with Crippen LogP contribution in [0, 0.1) is 6.92 Å². The van der Waals surface area contributed by atoms with Crippen molar-refractivity contribution in [3.05, 3.63) is 190 Å². The number of hydrogen-bond donors (Lipinski definition) is 0. The average molecular weight is 734 g/mol. The lowest BCUT2D eigenvalue weighted by molar-refractivity contribution is 0.589.